The van der Waals surface area contributed by atoms with E-state index in [1.54, 1.807) is 7.11 Å². The standard InChI is InChI=1S/C15H24BrNO3/c1-12(17)10-13-11-14(16)4-5-15(13)20-9-8-19-7-3-6-18-2/h4-5,11-12H,3,6-10,17H2,1-2H3. The number of rotatable bonds is 10. The number of halogens is 1. The van der Waals surface area contributed by atoms with Crippen LogP contribution in [0.25, 0.3) is 0 Å². The maximum atomic E-state index is 5.86. The molecule has 0 radical (unpaired) electrons. The van der Waals surface area contributed by atoms with E-state index in [0.717, 1.165) is 35.2 Å². The first-order chi connectivity index (χ1) is 9.63. The van der Waals surface area contributed by atoms with E-state index in [4.69, 9.17) is 19.9 Å². The molecule has 1 atom stereocenters. The molecule has 4 nitrogen and oxygen atoms in total. The maximum Gasteiger partial charge on any atom is 0.122 e. The van der Waals surface area contributed by atoms with Crippen LogP contribution in [0.2, 0.25) is 0 Å². The summed E-state index contributed by atoms with van der Waals surface area (Å²) >= 11 is 3.47. The molecule has 0 aromatic heterocycles. The van der Waals surface area contributed by atoms with E-state index in [2.05, 4.69) is 22.0 Å². The van der Waals surface area contributed by atoms with Gasteiger partial charge in [-0.3, -0.25) is 0 Å². The van der Waals surface area contributed by atoms with Crippen LogP contribution < -0.4 is 10.5 Å². The van der Waals surface area contributed by atoms with Crippen molar-refractivity contribution in [3.05, 3.63) is 28.2 Å². The molecule has 0 amide bonds. The Bertz CT molecular complexity index is 385. The third-order valence-corrected chi connectivity index (χ3v) is 3.18. The van der Waals surface area contributed by atoms with E-state index in [1.165, 1.54) is 0 Å². The van der Waals surface area contributed by atoms with Crippen LogP contribution in [0, 0.1) is 0 Å². The van der Waals surface area contributed by atoms with Crippen molar-refractivity contribution in [1.29, 1.82) is 0 Å². The Morgan fingerprint density at radius 1 is 1.20 bits per heavy atom. The van der Waals surface area contributed by atoms with Crippen LogP contribution in [0.15, 0.2) is 22.7 Å². The van der Waals surface area contributed by atoms with Crippen molar-refractivity contribution in [2.24, 2.45) is 5.73 Å². The molecular formula is C15H24BrNO3. The number of ether oxygens (including phenoxy) is 3. The second-order valence-corrected chi connectivity index (χ2v) is 5.66. The highest BCUT2D eigenvalue weighted by atomic mass is 79.9. The summed E-state index contributed by atoms with van der Waals surface area (Å²) in [7, 11) is 1.69. The summed E-state index contributed by atoms with van der Waals surface area (Å²) in [6.45, 7) is 4.54. The molecule has 0 saturated carbocycles. The third kappa shape index (κ3) is 7.24. The summed E-state index contributed by atoms with van der Waals surface area (Å²) in [6, 6.07) is 6.10. The van der Waals surface area contributed by atoms with Crippen LogP contribution in [0.3, 0.4) is 0 Å². The van der Waals surface area contributed by atoms with Gasteiger partial charge in [-0.15, -0.1) is 0 Å². The van der Waals surface area contributed by atoms with Gasteiger partial charge in [0, 0.05) is 30.8 Å². The Labute approximate surface area is 129 Å². The van der Waals surface area contributed by atoms with Crippen molar-refractivity contribution in [2.45, 2.75) is 25.8 Å². The van der Waals surface area contributed by atoms with Gasteiger partial charge in [-0.2, -0.15) is 0 Å². The zero-order valence-corrected chi connectivity index (χ0v) is 13.8. The van der Waals surface area contributed by atoms with Gasteiger partial charge in [-0.05, 0) is 43.5 Å². The smallest absolute Gasteiger partial charge is 0.122 e. The van der Waals surface area contributed by atoms with Crippen LogP contribution in [-0.2, 0) is 15.9 Å². The molecule has 0 aliphatic carbocycles. The van der Waals surface area contributed by atoms with Gasteiger partial charge in [-0.1, -0.05) is 15.9 Å². The highest BCUT2D eigenvalue weighted by Crippen LogP contribution is 2.24. The Morgan fingerprint density at radius 3 is 2.70 bits per heavy atom. The summed E-state index contributed by atoms with van der Waals surface area (Å²) in [6.07, 6.45) is 1.70. The lowest BCUT2D eigenvalue weighted by Crippen LogP contribution is -2.18. The molecule has 0 heterocycles. The van der Waals surface area contributed by atoms with E-state index >= 15 is 0 Å². The maximum absolute atomic E-state index is 5.86. The quantitative estimate of drug-likeness (QED) is 0.662. The van der Waals surface area contributed by atoms with Gasteiger partial charge < -0.3 is 19.9 Å². The second kappa shape index (κ2) is 10.2. The molecule has 1 aromatic rings. The minimum Gasteiger partial charge on any atom is -0.491 e. The molecule has 5 heteroatoms. The molecule has 0 bridgehead atoms. The van der Waals surface area contributed by atoms with Crippen LogP contribution in [-0.4, -0.2) is 39.6 Å². The largest absolute Gasteiger partial charge is 0.491 e. The summed E-state index contributed by atoms with van der Waals surface area (Å²) in [4.78, 5) is 0. The molecule has 20 heavy (non-hydrogen) atoms. The van der Waals surface area contributed by atoms with Crippen molar-refractivity contribution < 1.29 is 14.2 Å². The van der Waals surface area contributed by atoms with Crippen LogP contribution in [0.1, 0.15) is 18.9 Å². The van der Waals surface area contributed by atoms with Crippen molar-refractivity contribution >= 4 is 15.9 Å². The van der Waals surface area contributed by atoms with E-state index < -0.39 is 0 Å². The number of hydrogen-bond acceptors (Lipinski definition) is 4. The first kappa shape index (κ1) is 17.4. The van der Waals surface area contributed by atoms with Gasteiger partial charge in [0.05, 0.1) is 6.61 Å². The molecule has 0 aliphatic rings. The lowest BCUT2D eigenvalue weighted by molar-refractivity contribution is 0.0804. The normalized spacial score (nSPS) is 12.4. The number of benzene rings is 1. The molecule has 1 rings (SSSR count). The molecular weight excluding hydrogens is 322 g/mol. The predicted octanol–water partition coefficient (Wildman–Crippen LogP) is 2.77. The monoisotopic (exact) mass is 345 g/mol. The SMILES string of the molecule is COCCCOCCOc1ccc(Br)cc1CC(C)N. The van der Waals surface area contributed by atoms with Crippen molar-refractivity contribution in [3.8, 4) is 5.75 Å². The van der Waals surface area contributed by atoms with Crippen molar-refractivity contribution in [3.63, 3.8) is 0 Å². The third-order valence-electron chi connectivity index (χ3n) is 2.69. The average molecular weight is 346 g/mol. The van der Waals surface area contributed by atoms with Crippen LogP contribution in [0.4, 0.5) is 0 Å². The minimum absolute atomic E-state index is 0.108. The highest BCUT2D eigenvalue weighted by molar-refractivity contribution is 9.10. The van der Waals surface area contributed by atoms with Crippen LogP contribution >= 0.6 is 15.9 Å². The Morgan fingerprint density at radius 2 is 2.00 bits per heavy atom. The Balaban J connectivity index is 2.35. The summed E-state index contributed by atoms with van der Waals surface area (Å²) in [5, 5.41) is 0. The van der Waals surface area contributed by atoms with Gasteiger partial charge in [0.1, 0.15) is 12.4 Å². The molecule has 0 spiro atoms. The van der Waals surface area contributed by atoms with Gasteiger partial charge in [0.2, 0.25) is 0 Å². The molecule has 114 valence electrons. The zero-order valence-electron chi connectivity index (χ0n) is 12.2. The van der Waals surface area contributed by atoms with E-state index in [9.17, 15) is 0 Å². The highest BCUT2D eigenvalue weighted by Gasteiger charge is 2.07. The van der Waals surface area contributed by atoms with Crippen molar-refractivity contribution in [1.82, 2.24) is 0 Å². The summed E-state index contributed by atoms with van der Waals surface area (Å²) in [5.74, 6) is 0.881. The second-order valence-electron chi connectivity index (χ2n) is 4.74. The number of hydrogen-bond donors (Lipinski definition) is 1. The summed E-state index contributed by atoms with van der Waals surface area (Å²) < 4.78 is 17.2. The first-order valence-corrected chi connectivity index (χ1v) is 7.66. The molecule has 1 unspecified atom stereocenters. The lowest BCUT2D eigenvalue weighted by Gasteiger charge is -2.13. The van der Waals surface area contributed by atoms with Gasteiger partial charge >= 0.3 is 0 Å². The fourth-order valence-corrected chi connectivity index (χ4v) is 2.22. The Hall–Kier alpha value is -0.620. The molecule has 1 aromatic carbocycles. The summed E-state index contributed by atoms with van der Waals surface area (Å²) in [5.41, 5.74) is 6.98. The fraction of sp³-hybridized carbons (Fsp3) is 0.600. The van der Waals surface area contributed by atoms with Gasteiger partial charge in [-0.25, -0.2) is 0 Å². The number of methoxy groups -OCH3 is 1. The fourth-order valence-electron chi connectivity index (χ4n) is 1.81. The van der Waals surface area contributed by atoms with E-state index in [0.29, 0.717) is 19.8 Å². The van der Waals surface area contributed by atoms with E-state index in [1.807, 2.05) is 19.1 Å². The molecule has 0 fully saturated rings. The Kier molecular flexibility index (Phi) is 8.85. The lowest BCUT2D eigenvalue weighted by atomic mass is 10.1. The van der Waals surface area contributed by atoms with Gasteiger partial charge in [0.25, 0.3) is 0 Å². The van der Waals surface area contributed by atoms with Gasteiger partial charge in [0.15, 0.2) is 0 Å². The minimum atomic E-state index is 0.108. The molecule has 0 aliphatic heterocycles. The molecule has 2 N–H and O–H groups in total. The van der Waals surface area contributed by atoms with Crippen LogP contribution in [0.5, 0.6) is 5.75 Å². The predicted molar refractivity (Wildman–Crippen MR) is 84.3 cm³/mol. The topological polar surface area (TPSA) is 53.7 Å². The molecule has 0 saturated heterocycles. The number of nitrogens with two attached hydrogens (primary N) is 1. The average Bonchev–Trinajstić information content (AvgIpc) is 2.39. The van der Waals surface area contributed by atoms with E-state index in [-0.39, 0.29) is 6.04 Å². The zero-order chi connectivity index (χ0) is 14.8. The van der Waals surface area contributed by atoms with Crippen molar-refractivity contribution in [2.75, 3.05) is 33.5 Å². The first-order valence-electron chi connectivity index (χ1n) is 6.87.